The summed E-state index contributed by atoms with van der Waals surface area (Å²) < 4.78 is 5.49. The molecule has 6 heteroatoms. The van der Waals surface area contributed by atoms with E-state index >= 15 is 0 Å². The van der Waals surface area contributed by atoms with E-state index in [1.54, 1.807) is 13.0 Å². The first-order valence-electron chi connectivity index (χ1n) is 5.86. The van der Waals surface area contributed by atoms with Crippen molar-refractivity contribution in [2.45, 2.75) is 20.0 Å². The molecule has 1 aliphatic rings. The van der Waals surface area contributed by atoms with Crippen LogP contribution in [0.3, 0.4) is 0 Å². The van der Waals surface area contributed by atoms with Crippen molar-refractivity contribution in [3.8, 4) is 17.0 Å². The minimum absolute atomic E-state index is 0.0841. The molecular formula is C13H12N2O3S. The molecule has 1 aromatic heterocycles. The number of carbonyl (C=O) groups excluding carboxylic acids is 1. The molecule has 0 fully saturated rings. The highest BCUT2D eigenvalue weighted by molar-refractivity contribution is 7.09. The maximum Gasteiger partial charge on any atom is 0.305 e. The minimum atomic E-state index is -0.485. The zero-order chi connectivity index (χ0) is 13.6. The molecule has 0 saturated heterocycles. The lowest BCUT2D eigenvalue weighted by Crippen LogP contribution is -2.34. The van der Waals surface area contributed by atoms with Gasteiger partial charge < -0.3 is 15.0 Å². The third-order valence-electron chi connectivity index (χ3n) is 3.02. The molecule has 0 spiro atoms. The number of amides is 1. The van der Waals surface area contributed by atoms with Gasteiger partial charge in [-0.3, -0.25) is 9.59 Å². The van der Waals surface area contributed by atoms with E-state index in [-0.39, 0.29) is 10.8 Å². The molecule has 19 heavy (non-hydrogen) atoms. The number of hydrogen-bond donors (Lipinski definition) is 2. The zero-order valence-corrected chi connectivity index (χ0v) is 11.3. The van der Waals surface area contributed by atoms with Crippen molar-refractivity contribution < 1.29 is 9.53 Å². The molecule has 1 atom stereocenters. The summed E-state index contributed by atoms with van der Waals surface area (Å²) in [5, 5.41) is 2.79. The van der Waals surface area contributed by atoms with Crippen LogP contribution in [-0.2, 0) is 4.79 Å². The number of hydrogen-bond acceptors (Lipinski definition) is 4. The Morgan fingerprint density at radius 1 is 1.32 bits per heavy atom. The number of aromatic nitrogens is 1. The van der Waals surface area contributed by atoms with E-state index in [0.717, 1.165) is 16.1 Å². The number of carbonyl (C=O) groups is 1. The predicted molar refractivity (Wildman–Crippen MR) is 73.8 cm³/mol. The third-order valence-corrected chi connectivity index (χ3v) is 3.82. The number of rotatable bonds is 1. The lowest BCUT2D eigenvalue weighted by molar-refractivity contribution is -0.122. The first-order chi connectivity index (χ1) is 9.04. The normalized spacial score (nSPS) is 17.6. The van der Waals surface area contributed by atoms with Crippen LogP contribution in [0.4, 0.5) is 5.69 Å². The van der Waals surface area contributed by atoms with Crippen LogP contribution in [0, 0.1) is 6.92 Å². The second-order valence-corrected chi connectivity index (χ2v) is 5.59. The van der Waals surface area contributed by atoms with Crippen LogP contribution in [0.25, 0.3) is 11.3 Å². The Morgan fingerprint density at radius 3 is 2.79 bits per heavy atom. The van der Waals surface area contributed by atoms with E-state index in [0.29, 0.717) is 11.4 Å². The van der Waals surface area contributed by atoms with Gasteiger partial charge in [-0.05, 0) is 32.0 Å². The van der Waals surface area contributed by atoms with Crippen LogP contribution in [0.5, 0.6) is 5.75 Å². The molecule has 1 aromatic carbocycles. The third kappa shape index (κ3) is 2.04. The average Bonchev–Trinajstić information content (AvgIpc) is 2.69. The SMILES string of the molecule is Cc1sc(=O)[nH]c1-c1ccc2c(c1)NC(=O)C(C)O2. The molecule has 1 amide bonds. The molecule has 0 aliphatic carbocycles. The van der Waals surface area contributed by atoms with Crippen molar-refractivity contribution in [2.75, 3.05) is 5.32 Å². The van der Waals surface area contributed by atoms with Crippen LogP contribution >= 0.6 is 11.3 Å². The van der Waals surface area contributed by atoms with Crippen LogP contribution in [0.1, 0.15) is 11.8 Å². The first-order valence-corrected chi connectivity index (χ1v) is 6.68. The number of fused-ring (bicyclic) bond motifs is 1. The number of aryl methyl sites for hydroxylation is 1. The van der Waals surface area contributed by atoms with Gasteiger partial charge in [-0.15, -0.1) is 0 Å². The molecule has 2 aromatic rings. The number of aromatic amines is 1. The predicted octanol–water partition coefficient (Wildman–Crippen LogP) is 2.13. The fourth-order valence-electron chi connectivity index (χ4n) is 2.05. The van der Waals surface area contributed by atoms with Crippen LogP contribution in [0.15, 0.2) is 23.0 Å². The Bertz CT molecular complexity index is 717. The highest BCUT2D eigenvalue weighted by Crippen LogP contribution is 2.34. The van der Waals surface area contributed by atoms with Crippen LogP contribution in [-0.4, -0.2) is 17.0 Å². The monoisotopic (exact) mass is 276 g/mol. The van der Waals surface area contributed by atoms with Gasteiger partial charge in [0, 0.05) is 10.4 Å². The number of H-pyrrole nitrogens is 1. The average molecular weight is 276 g/mol. The number of benzene rings is 1. The number of nitrogens with one attached hydrogen (secondary N) is 2. The summed E-state index contributed by atoms with van der Waals surface area (Å²) in [6.07, 6.45) is -0.485. The number of anilines is 1. The van der Waals surface area contributed by atoms with Crippen molar-refractivity contribution >= 4 is 22.9 Å². The molecule has 2 N–H and O–H groups in total. The summed E-state index contributed by atoms with van der Waals surface area (Å²) in [6.45, 7) is 3.58. The van der Waals surface area contributed by atoms with Crippen molar-refractivity contribution in [3.63, 3.8) is 0 Å². The largest absolute Gasteiger partial charge is 0.479 e. The smallest absolute Gasteiger partial charge is 0.305 e. The molecule has 98 valence electrons. The van der Waals surface area contributed by atoms with Gasteiger partial charge in [0.05, 0.1) is 11.4 Å². The van der Waals surface area contributed by atoms with E-state index in [2.05, 4.69) is 10.3 Å². The highest BCUT2D eigenvalue weighted by Gasteiger charge is 2.23. The van der Waals surface area contributed by atoms with Gasteiger partial charge in [0.1, 0.15) is 5.75 Å². The summed E-state index contributed by atoms with van der Waals surface area (Å²) in [5.74, 6) is 0.478. The maximum atomic E-state index is 11.6. The van der Waals surface area contributed by atoms with E-state index in [4.69, 9.17) is 4.74 Å². The molecule has 2 heterocycles. The number of thiazole rings is 1. The van der Waals surface area contributed by atoms with Gasteiger partial charge in [0.25, 0.3) is 5.91 Å². The Morgan fingerprint density at radius 2 is 2.11 bits per heavy atom. The van der Waals surface area contributed by atoms with Gasteiger partial charge in [-0.1, -0.05) is 11.3 Å². The summed E-state index contributed by atoms with van der Waals surface area (Å²) >= 11 is 1.17. The fourth-order valence-corrected chi connectivity index (χ4v) is 2.75. The van der Waals surface area contributed by atoms with Crippen LogP contribution in [0.2, 0.25) is 0 Å². The van der Waals surface area contributed by atoms with Gasteiger partial charge in [-0.25, -0.2) is 0 Å². The second-order valence-electron chi connectivity index (χ2n) is 4.41. The Labute approximate surface area is 113 Å². The lowest BCUT2D eigenvalue weighted by atomic mass is 10.1. The van der Waals surface area contributed by atoms with Crippen molar-refractivity contribution in [2.24, 2.45) is 0 Å². The fraction of sp³-hybridized carbons (Fsp3) is 0.231. The molecule has 3 rings (SSSR count). The van der Waals surface area contributed by atoms with E-state index in [9.17, 15) is 9.59 Å². The lowest BCUT2D eigenvalue weighted by Gasteiger charge is -2.23. The topological polar surface area (TPSA) is 71.2 Å². The maximum absolute atomic E-state index is 11.6. The Hall–Kier alpha value is -2.08. The molecule has 1 aliphatic heterocycles. The second kappa shape index (κ2) is 4.24. The molecule has 0 radical (unpaired) electrons. The Balaban J connectivity index is 2.07. The van der Waals surface area contributed by atoms with Gasteiger partial charge in [0.2, 0.25) is 0 Å². The van der Waals surface area contributed by atoms with Crippen molar-refractivity contribution in [3.05, 3.63) is 32.7 Å². The zero-order valence-electron chi connectivity index (χ0n) is 10.4. The van der Waals surface area contributed by atoms with Gasteiger partial charge >= 0.3 is 4.87 Å². The van der Waals surface area contributed by atoms with E-state index in [1.165, 1.54) is 11.3 Å². The van der Waals surface area contributed by atoms with Crippen molar-refractivity contribution in [1.82, 2.24) is 4.98 Å². The molecule has 0 bridgehead atoms. The standard InChI is InChI=1S/C13H12N2O3S/c1-6-12(16)14-9-5-8(3-4-10(9)18-6)11-7(2)19-13(17)15-11/h3-6H,1-2H3,(H,14,16)(H,15,17). The molecule has 5 nitrogen and oxygen atoms in total. The molecule has 1 unspecified atom stereocenters. The van der Waals surface area contributed by atoms with E-state index < -0.39 is 6.10 Å². The molecule has 0 saturated carbocycles. The first kappa shape index (κ1) is 12.0. The summed E-state index contributed by atoms with van der Waals surface area (Å²) in [4.78, 5) is 26.6. The van der Waals surface area contributed by atoms with Gasteiger partial charge in [-0.2, -0.15) is 0 Å². The molecular weight excluding hydrogens is 264 g/mol. The van der Waals surface area contributed by atoms with E-state index in [1.807, 2.05) is 19.1 Å². The quantitative estimate of drug-likeness (QED) is 0.838. The Kier molecular flexibility index (Phi) is 2.67. The number of ether oxygens (including phenoxy) is 1. The summed E-state index contributed by atoms with van der Waals surface area (Å²) in [7, 11) is 0. The highest BCUT2D eigenvalue weighted by atomic mass is 32.1. The minimum Gasteiger partial charge on any atom is -0.479 e. The van der Waals surface area contributed by atoms with Gasteiger partial charge in [0.15, 0.2) is 6.10 Å². The summed E-state index contributed by atoms with van der Waals surface area (Å²) in [5.41, 5.74) is 2.27. The summed E-state index contributed by atoms with van der Waals surface area (Å²) in [6, 6.07) is 5.48. The van der Waals surface area contributed by atoms with Crippen molar-refractivity contribution in [1.29, 1.82) is 0 Å². The van der Waals surface area contributed by atoms with Crippen LogP contribution < -0.4 is 14.9 Å².